The number of hydrogen-bond acceptors (Lipinski definition) is 2. The van der Waals surface area contributed by atoms with Crippen molar-refractivity contribution in [2.45, 2.75) is 39.0 Å². The summed E-state index contributed by atoms with van der Waals surface area (Å²) in [6.07, 6.45) is 9.14. The van der Waals surface area contributed by atoms with Gasteiger partial charge in [-0.1, -0.05) is 19.1 Å². The van der Waals surface area contributed by atoms with Crippen LogP contribution in [0.2, 0.25) is 0 Å². The third-order valence-electron chi connectivity index (χ3n) is 3.76. The van der Waals surface area contributed by atoms with Crippen molar-refractivity contribution < 1.29 is 9.90 Å². The summed E-state index contributed by atoms with van der Waals surface area (Å²) < 4.78 is 0. The van der Waals surface area contributed by atoms with E-state index in [0.717, 1.165) is 24.8 Å². The van der Waals surface area contributed by atoms with Gasteiger partial charge in [-0.15, -0.1) is 0 Å². The highest BCUT2D eigenvalue weighted by atomic mass is 16.3. The van der Waals surface area contributed by atoms with Crippen LogP contribution in [0.15, 0.2) is 23.3 Å². The summed E-state index contributed by atoms with van der Waals surface area (Å²) in [5.74, 6) is 0.136. The molecule has 0 radical (unpaired) electrons. The number of aliphatic hydroxyl groups is 1. The van der Waals surface area contributed by atoms with Crippen molar-refractivity contribution in [3.8, 4) is 0 Å². The molecule has 0 fully saturated rings. The summed E-state index contributed by atoms with van der Waals surface area (Å²) in [4.78, 5) is 11.7. The van der Waals surface area contributed by atoms with Crippen molar-refractivity contribution in [3.63, 3.8) is 0 Å². The molecule has 1 atom stereocenters. The lowest BCUT2D eigenvalue weighted by Gasteiger charge is -2.35. The quantitative estimate of drug-likeness (QED) is 0.715. The first-order valence-corrected chi connectivity index (χ1v) is 5.71. The van der Waals surface area contributed by atoms with E-state index in [1.165, 1.54) is 6.42 Å². The van der Waals surface area contributed by atoms with E-state index in [0.29, 0.717) is 12.0 Å². The Morgan fingerprint density at radius 3 is 3.00 bits per heavy atom. The molecule has 15 heavy (non-hydrogen) atoms. The molecule has 0 saturated carbocycles. The molecule has 0 amide bonds. The summed E-state index contributed by atoms with van der Waals surface area (Å²) >= 11 is 0. The van der Waals surface area contributed by atoms with Crippen LogP contribution in [0.1, 0.15) is 39.0 Å². The largest absolute Gasteiger partial charge is 0.392 e. The molecular weight excluding hydrogens is 188 g/mol. The van der Waals surface area contributed by atoms with Gasteiger partial charge in [0.15, 0.2) is 5.78 Å². The highest BCUT2D eigenvalue weighted by molar-refractivity contribution is 5.98. The van der Waals surface area contributed by atoms with Gasteiger partial charge in [-0.05, 0) is 36.7 Å². The van der Waals surface area contributed by atoms with Gasteiger partial charge in [0.05, 0.1) is 6.61 Å². The molecule has 0 aliphatic heterocycles. The first-order valence-electron chi connectivity index (χ1n) is 5.71. The second kappa shape index (κ2) is 3.93. The zero-order valence-electron chi connectivity index (χ0n) is 9.25. The first kappa shape index (κ1) is 10.6. The Bertz CT molecular complexity index is 338. The van der Waals surface area contributed by atoms with Crippen LogP contribution in [-0.2, 0) is 4.79 Å². The van der Waals surface area contributed by atoms with E-state index in [9.17, 15) is 9.90 Å². The van der Waals surface area contributed by atoms with E-state index in [1.807, 2.05) is 0 Å². The van der Waals surface area contributed by atoms with Crippen molar-refractivity contribution in [2.24, 2.45) is 5.41 Å². The van der Waals surface area contributed by atoms with Gasteiger partial charge in [0.25, 0.3) is 0 Å². The molecule has 0 bridgehead atoms. The van der Waals surface area contributed by atoms with Gasteiger partial charge in [-0.25, -0.2) is 0 Å². The number of aliphatic hydroxyl groups excluding tert-OH is 1. The molecule has 0 saturated heterocycles. The van der Waals surface area contributed by atoms with E-state index < -0.39 is 0 Å². The van der Waals surface area contributed by atoms with Crippen LogP contribution in [0.4, 0.5) is 0 Å². The molecule has 0 heterocycles. The third-order valence-corrected chi connectivity index (χ3v) is 3.76. The number of allylic oxidation sites excluding steroid dienone is 3. The molecule has 2 rings (SSSR count). The van der Waals surface area contributed by atoms with Gasteiger partial charge in [0.1, 0.15) is 0 Å². The zero-order valence-corrected chi connectivity index (χ0v) is 9.25. The average Bonchev–Trinajstić information content (AvgIpc) is 2.41. The van der Waals surface area contributed by atoms with E-state index in [1.54, 1.807) is 0 Å². The van der Waals surface area contributed by atoms with Crippen molar-refractivity contribution in [3.05, 3.63) is 23.3 Å². The highest BCUT2D eigenvalue weighted by Crippen LogP contribution is 2.45. The Kier molecular flexibility index (Phi) is 2.79. The molecule has 1 N–H and O–H groups in total. The fourth-order valence-corrected chi connectivity index (χ4v) is 2.74. The number of carbonyl (C=O) groups is 1. The second-order valence-corrected chi connectivity index (χ2v) is 4.83. The molecule has 82 valence electrons. The number of hydrogen-bond donors (Lipinski definition) is 1. The Morgan fingerprint density at radius 1 is 1.47 bits per heavy atom. The highest BCUT2D eigenvalue weighted by Gasteiger charge is 2.36. The Hall–Kier alpha value is -0.890. The smallest absolute Gasteiger partial charge is 0.161 e. The fraction of sp³-hybridized carbons (Fsp3) is 0.615. The first-order chi connectivity index (χ1) is 7.17. The van der Waals surface area contributed by atoms with E-state index in [4.69, 9.17) is 0 Å². The second-order valence-electron chi connectivity index (χ2n) is 4.83. The van der Waals surface area contributed by atoms with Crippen LogP contribution in [0.3, 0.4) is 0 Å². The van der Waals surface area contributed by atoms with Crippen LogP contribution < -0.4 is 0 Å². The van der Waals surface area contributed by atoms with Gasteiger partial charge >= 0.3 is 0 Å². The average molecular weight is 206 g/mol. The Labute approximate surface area is 90.7 Å². The van der Waals surface area contributed by atoms with E-state index in [2.05, 4.69) is 19.1 Å². The van der Waals surface area contributed by atoms with Gasteiger partial charge in [-0.2, -0.15) is 0 Å². The summed E-state index contributed by atoms with van der Waals surface area (Å²) in [6, 6.07) is 0. The van der Waals surface area contributed by atoms with Gasteiger partial charge in [0, 0.05) is 12.0 Å². The lowest BCUT2D eigenvalue weighted by molar-refractivity contribution is -0.117. The summed E-state index contributed by atoms with van der Waals surface area (Å²) in [6.45, 7) is 2.12. The molecule has 0 spiro atoms. The normalized spacial score (nSPS) is 31.5. The number of Topliss-reactive ketones (excluding diaryl/α,β-unsaturated/α-hetero) is 1. The monoisotopic (exact) mass is 206 g/mol. The van der Waals surface area contributed by atoms with E-state index in [-0.39, 0.29) is 17.8 Å². The fourth-order valence-electron chi connectivity index (χ4n) is 2.74. The molecule has 2 heteroatoms. The van der Waals surface area contributed by atoms with Gasteiger partial charge < -0.3 is 5.11 Å². The summed E-state index contributed by atoms with van der Waals surface area (Å²) in [5.41, 5.74) is 1.87. The molecule has 0 aromatic rings. The molecule has 0 aromatic carbocycles. The van der Waals surface area contributed by atoms with E-state index >= 15 is 0 Å². The van der Waals surface area contributed by atoms with Crippen LogP contribution >= 0.6 is 0 Å². The lowest BCUT2D eigenvalue weighted by atomic mass is 9.69. The maximum absolute atomic E-state index is 11.7. The number of carbonyl (C=O) groups excluding carboxylic acids is 1. The Morgan fingerprint density at radius 2 is 2.27 bits per heavy atom. The van der Waals surface area contributed by atoms with Gasteiger partial charge in [0.2, 0.25) is 0 Å². The number of fused-ring (bicyclic) bond motifs is 1. The maximum atomic E-state index is 11.7. The SMILES string of the molecule is CC12CCCC=CC1=C(CO)C(=O)CC2. The molecule has 2 aliphatic carbocycles. The maximum Gasteiger partial charge on any atom is 0.161 e. The van der Waals surface area contributed by atoms with Crippen LogP contribution in [-0.4, -0.2) is 17.5 Å². The minimum absolute atomic E-state index is 0.103. The van der Waals surface area contributed by atoms with Crippen molar-refractivity contribution in [2.75, 3.05) is 6.61 Å². The molecule has 0 aromatic heterocycles. The lowest BCUT2D eigenvalue weighted by Crippen LogP contribution is -2.28. The number of ketones is 1. The molecular formula is C13H18O2. The molecule has 1 unspecified atom stereocenters. The standard InChI is InChI=1S/C13H18O2/c1-13-7-4-2-3-5-11(13)10(9-14)12(15)6-8-13/h3,5,14H,2,4,6-9H2,1H3. The predicted octanol–water partition coefficient (Wildman–Crippen LogP) is 2.38. The minimum atomic E-state index is -0.103. The van der Waals surface area contributed by atoms with Crippen molar-refractivity contribution in [1.29, 1.82) is 0 Å². The molecule has 2 aliphatic rings. The van der Waals surface area contributed by atoms with Crippen LogP contribution in [0.25, 0.3) is 0 Å². The summed E-state index contributed by atoms with van der Waals surface area (Å²) in [5, 5.41) is 9.29. The zero-order chi connectivity index (χ0) is 10.9. The van der Waals surface area contributed by atoms with Gasteiger partial charge in [-0.3, -0.25) is 4.79 Å². The van der Waals surface area contributed by atoms with Crippen LogP contribution in [0, 0.1) is 5.41 Å². The minimum Gasteiger partial charge on any atom is -0.392 e. The predicted molar refractivity (Wildman–Crippen MR) is 59.5 cm³/mol. The van der Waals surface area contributed by atoms with Crippen LogP contribution in [0.5, 0.6) is 0 Å². The number of rotatable bonds is 1. The van der Waals surface area contributed by atoms with Crippen molar-refractivity contribution in [1.82, 2.24) is 0 Å². The molecule has 2 nitrogen and oxygen atoms in total. The Balaban J connectivity index is 2.49. The van der Waals surface area contributed by atoms with Crippen molar-refractivity contribution >= 4 is 5.78 Å². The topological polar surface area (TPSA) is 37.3 Å². The summed E-state index contributed by atoms with van der Waals surface area (Å²) in [7, 11) is 0. The third kappa shape index (κ3) is 1.78.